The largest absolute Gasteiger partial charge is 0.496 e. The van der Waals surface area contributed by atoms with E-state index < -0.39 is 0 Å². The molecule has 0 aliphatic heterocycles. The number of hydrogen-bond donors (Lipinski definition) is 2. The minimum Gasteiger partial charge on any atom is -0.496 e. The van der Waals surface area contributed by atoms with E-state index in [1.807, 2.05) is 66.2 Å². The molecule has 25 heavy (non-hydrogen) atoms. The molecule has 130 valence electrons. The molecule has 0 unspecified atom stereocenters. The fourth-order valence-corrected chi connectivity index (χ4v) is 2.76. The second kappa shape index (κ2) is 7.70. The third-order valence-corrected chi connectivity index (χ3v) is 4.03. The lowest BCUT2D eigenvalue weighted by molar-refractivity contribution is 0.238. The number of aromatic nitrogens is 2. The van der Waals surface area contributed by atoms with Crippen LogP contribution in [0.15, 0.2) is 54.9 Å². The summed E-state index contributed by atoms with van der Waals surface area (Å²) in [6, 6.07) is 13.2. The summed E-state index contributed by atoms with van der Waals surface area (Å²) < 4.78 is 7.30. The zero-order chi connectivity index (χ0) is 17.6. The Hall–Kier alpha value is -3.02. The van der Waals surface area contributed by atoms with Crippen LogP contribution in [0.4, 0.5) is 4.79 Å². The molecule has 2 N–H and O–H groups in total. The van der Waals surface area contributed by atoms with Gasteiger partial charge >= 0.3 is 6.03 Å². The minimum atomic E-state index is -0.206. The topological polar surface area (TPSA) is 67.7 Å². The van der Waals surface area contributed by atoms with E-state index in [1.165, 1.54) is 0 Å². The first kappa shape index (κ1) is 16.8. The summed E-state index contributed by atoms with van der Waals surface area (Å²) in [5, 5.41) is 5.80. The second-order valence-electron chi connectivity index (χ2n) is 5.81. The van der Waals surface area contributed by atoms with Gasteiger partial charge in [0, 0.05) is 30.9 Å². The number of pyridine rings is 1. The summed E-state index contributed by atoms with van der Waals surface area (Å²) in [6.07, 6.45) is 4.62. The van der Waals surface area contributed by atoms with E-state index in [4.69, 9.17) is 4.74 Å². The van der Waals surface area contributed by atoms with Gasteiger partial charge < -0.3 is 19.8 Å². The number of methoxy groups -OCH3 is 1. The van der Waals surface area contributed by atoms with E-state index in [9.17, 15) is 4.79 Å². The molecule has 0 fully saturated rings. The molecule has 3 rings (SSSR count). The van der Waals surface area contributed by atoms with Crippen molar-refractivity contribution in [3.05, 3.63) is 66.1 Å². The SMILES string of the molecule is COc1ccccc1[C@@H](C)NC(=O)NCCc1cn2ccccc2n1. The molecule has 0 bridgehead atoms. The average molecular weight is 338 g/mol. The predicted molar refractivity (Wildman–Crippen MR) is 96.8 cm³/mol. The van der Waals surface area contributed by atoms with Crippen LogP contribution >= 0.6 is 0 Å². The molecule has 3 aromatic rings. The van der Waals surface area contributed by atoms with Gasteiger partial charge in [-0.15, -0.1) is 0 Å². The van der Waals surface area contributed by atoms with Crippen LogP contribution in [0.5, 0.6) is 5.75 Å². The Morgan fingerprint density at radius 1 is 1.24 bits per heavy atom. The number of urea groups is 1. The lowest BCUT2D eigenvalue weighted by Gasteiger charge is -2.17. The Morgan fingerprint density at radius 3 is 2.84 bits per heavy atom. The number of amides is 2. The summed E-state index contributed by atoms with van der Waals surface area (Å²) in [6.45, 7) is 2.45. The zero-order valence-electron chi connectivity index (χ0n) is 14.4. The number of fused-ring (bicyclic) bond motifs is 1. The highest BCUT2D eigenvalue weighted by molar-refractivity contribution is 5.74. The number of benzene rings is 1. The Labute approximate surface area is 146 Å². The Balaban J connectivity index is 1.50. The number of carbonyl (C=O) groups excluding carboxylic acids is 1. The Morgan fingerprint density at radius 2 is 2.04 bits per heavy atom. The van der Waals surface area contributed by atoms with Gasteiger partial charge in [-0.1, -0.05) is 24.3 Å². The van der Waals surface area contributed by atoms with Gasteiger partial charge in [-0.3, -0.25) is 0 Å². The molecule has 6 heteroatoms. The van der Waals surface area contributed by atoms with Crippen LogP contribution in [-0.2, 0) is 6.42 Å². The molecule has 0 saturated heterocycles. The van der Waals surface area contributed by atoms with Crippen molar-refractivity contribution in [2.24, 2.45) is 0 Å². The summed E-state index contributed by atoms with van der Waals surface area (Å²) in [5.41, 5.74) is 2.80. The number of carbonyl (C=O) groups is 1. The number of para-hydroxylation sites is 1. The van der Waals surface area contributed by atoms with Gasteiger partial charge in [-0.25, -0.2) is 9.78 Å². The lowest BCUT2D eigenvalue weighted by atomic mass is 10.1. The van der Waals surface area contributed by atoms with Gasteiger partial charge in [0.2, 0.25) is 0 Å². The molecule has 1 atom stereocenters. The Bertz CT molecular complexity index is 826. The number of ether oxygens (including phenoxy) is 1. The molecule has 0 aliphatic rings. The van der Waals surface area contributed by atoms with E-state index in [2.05, 4.69) is 15.6 Å². The highest BCUT2D eigenvalue weighted by Gasteiger charge is 2.13. The van der Waals surface area contributed by atoms with Crippen LogP contribution in [0.3, 0.4) is 0 Å². The van der Waals surface area contributed by atoms with E-state index in [1.54, 1.807) is 7.11 Å². The van der Waals surface area contributed by atoms with Gasteiger partial charge in [0.1, 0.15) is 11.4 Å². The normalized spacial score (nSPS) is 11.9. The van der Waals surface area contributed by atoms with Crippen LogP contribution in [0.25, 0.3) is 5.65 Å². The summed E-state index contributed by atoms with van der Waals surface area (Å²) in [5.74, 6) is 0.764. The van der Waals surface area contributed by atoms with Crippen molar-refractivity contribution >= 4 is 11.7 Å². The fourth-order valence-electron chi connectivity index (χ4n) is 2.76. The van der Waals surface area contributed by atoms with Crippen molar-refractivity contribution < 1.29 is 9.53 Å². The van der Waals surface area contributed by atoms with Gasteiger partial charge in [-0.2, -0.15) is 0 Å². The summed E-state index contributed by atoms with van der Waals surface area (Å²) >= 11 is 0. The van der Waals surface area contributed by atoms with Gasteiger partial charge in [0.25, 0.3) is 0 Å². The van der Waals surface area contributed by atoms with Crippen molar-refractivity contribution in [3.63, 3.8) is 0 Å². The van der Waals surface area contributed by atoms with Crippen LogP contribution in [0.1, 0.15) is 24.2 Å². The highest BCUT2D eigenvalue weighted by Crippen LogP contribution is 2.24. The van der Waals surface area contributed by atoms with Crippen molar-refractivity contribution in [1.82, 2.24) is 20.0 Å². The van der Waals surface area contributed by atoms with E-state index in [-0.39, 0.29) is 12.1 Å². The van der Waals surface area contributed by atoms with Crippen molar-refractivity contribution in [3.8, 4) is 5.75 Å². The molecular formula is C19H22N4O2. The molecule has 0 saturated carbocycles. The first-order valence-corrected chi connectivity index (χ1v) is 8.27. The maximum absolute atomic E-state index is 12.1. The van der Waals surface area contributed by atoms with Crippen LogP contribution in [0.2, 0.25) is 0 Å². The van der Waals surface area contributed by atoms with Gasteiger partial charge in [-0.05, 0) is 25.1 Å². The third-order valence-electron chi connectivity index (χ3n) is 4.03. The average Bonchev–Trinajstić information content (AvgIpc) is 3.04. The molecule has 2 aromatic heterocycles. The molecule has 2 heterocycles. The van der Waals surface area contributed by atoms with Crippen LogP contribution in [-0.4, -0.2) is 29.1 Å². The molecule has 1 aromatic carbocycles. The Kier molecular flexibility index (Phi) is 5.18. The maximum atomic E-state index is 12.1. The van der Waals surface area contributed by atoms with E-state index >= 15 is 0 Å². The van der Waals surface area contributed by atoms with Crippen LogP contribution in [0, 0.1) is 0 Å². The second-order valence-corrected chi connectivity index (χ2v) is 5.81. The lowest BCUT2D eigenvalue weighted by Crippen LogP contribution is -2.38. The molecule has 0 spiro atoms. The number of hydrogen-bond acceptors (Lipinski definition) is 3. The summed E-state index contributed by atoms with van der Waals surface area (Å²) in [4.78, 5) is 16.6. The molecule has 6 nitrogen and oxygen atoms in total. The fraction of sp³-hybridized carbons (Fsp3) is 0.263. The van der Waals surface area contributed by atoms with E-state index in [0.29, 0.717) is 13.0 Å². The zero-order valence-corrected chi connectivity index (χ0v) is 14.4. The van der Waals surface area contributed by atoms with Crippen molar-refractivity contribution in [1.29, 1.82) is 0 Å². The van der Waals surface area contributed by atoms with Crippen LogP contribution < -0.4 is 15.4 Å². The maximum Gasteiger partial charge on any atom is 0.315 e. The monoisotopic (exact) mass is 338 g/mol. The number of nitrogens with zero attached hydrogens (tertiary/aromatic N) is 2. The minimum absolute atomic E-state index is 0.147. The number of imidazole rings is 1. The number of rotatable bonds is 6. The molecular weight excluding hydrogens is 316 g/mol. The van der Waals surface area contributed by atoms with Gasteiger partial charge in [0.15, 0.2) is 0 Å². The van der Waals surface area contributed by atoms with Gasteiger partial charge in [0.05, 0.1) is 18.8 Å². The van der Waals surface area contributed by atoms with E-state index in [0.717, 1.165) is 22.7 Å². The number of nitrogens with one attached hydrogen (secondary N) is 2. The molecule has 0 radical (unpaired) electrons. The standard InChI is InChI=1S/C19H22N4O2/c1-14(16-7-3-4-8-17(16)25-2)21-19(24)20-11-10-15-13-23-12-6-5-9-18(23)22-15/h3-9,12-14H,10-11H2,1-2H3,(H2,20,21,24)/t14-/m1/s1. The molecule has 2 amide bonds. The molecule has 0 aliphatic carbocycles. The summed E-state index contributed by atoms with van der Waals surface area (Å²) in [7, 11) is 1.63. The quantitative estimate of drug-likeness (QED) is 0.726. The predicted octanol–water partition coefficient (Wildman–Crippen LogP) is 2.95. The highest BCUT2D eigenvalue weighted by atomic mass is 16.5. The first-order chi connectivity index (χ1) is 12.2. The van der Waals surface area contributed by atoms with Crippen molar-refractivity contribution in [2.45, 2.75) is 19.4 Å². The smallest absolute Gasteiger partial charge is 0.315 e. The third kappa shape index (κ3) is 4.09. The first-order valence-electron chi connectivity index (χ1n) is 8.27. The van der Waals surface area contributed by atoms with Crippen molar-refractivity contribution in [2.75, 3.05) is 13.7 Å².